The summed E-state index contributed by atoms with van der Waals surface area (Å²) < 4.78 is 0. The Bertz CT molecular complexity index is 1000. The van der Waals surface area contributed by atoms with Gasteiger partial charge in [0.25, 0.3) is 0 Å². The number of aliphatic carboxylic acids is 1. The van der Waals surface area contributed by atoms with E-state index >= 15 is 0 Å². The molecule has 0 saturated carbocycles. The molecule has 26 heavy (non-hydrogen) atoms. The number of aromatic nitrogens is 1. The van der Waals surface area contributed by atoms with E-state index in [2.05, 4.69) is 10.3 Å². The van der Waals surface area contributed by atoms with Gasteiger partial charge in [-0.3, -0.25) is 4.79 Å². The van der Waals surface area contributed by atoms with E-state index < -0.39 is 18.1 Å². The number of carboxylic acids is 1. The first-order chi connectivity index (χ1) is 12.5. The molecule has 0 bridgehead atoms. The van der Waals surface area contributed by atoms with Gasteiger partial charge in [0.2, 0.25) is 5.91 Å². The van der Waals surface area contributed by atoms with E-state index in [1.54, 1.807) is 30.5 Å². The summed E-state index contributed by atoms with van der Waals surface area (Å²) in [6, 6.07) is 12.7. The van der Waals surface area contributed by atoms with Gasteiger partial charge in [-0.15, -0.1) is 0 Å². The molecule has 7 nitrogen and oxygen atoms in total. The maximum Gasteiger partial charge on any atom is 0.328 e. The Labute approximate surface area is 148 Å². The molecule has 1 aromatic heterocycles. The molecule has 0 spiro atoms. The van der Waals surface area contributed by atoms with Crippen LogP contribution >= 0.6 is 0 Å². The number of carbonyl (C=O) groups is 2. The van der Waals surface area contributed by atoms with Crippen LogP contribution in [0.4, 0.5) is 5.69 Å². The molecule has 2 aromatic carbocycles. The van der Waals surface area contributed by atoms with Crippen LogP contribution in [0.25, 0.3) is 22.0 Å². The zero-order chi connectivity index (χ0) is 18.7. The standard InChI is InChI=1S/C19H17N3O4/c20-19(26)15-5-4-13(14-8-9-21-18(14)15)11-2-1-3-12(10-11)22-16(23)6-7-17(24)25/h1-10,19,21,26H,20H2,(H,22,23)(H,24,25)/b7-6+. The number of hydrogen-bond acceptors (Lipinski definition) is 4. The molecule has 3 rings (SSSR count). The average molecular weight is 351 g/mol. The largest absolute Gasteiger partial charge is 0.478 e. The van der Waals surface area contributed by atoms with Gasteiger partial charge in [-0.2, -0.15) is 0 Å². The number of anilines is 1. The minimum absolute atomic E-state index is 0.530. The number of hydrogen-bond donors (Lipinski definition) is 5. The quantitative estimate of drug-likeness (QED) is 0.356. The number of nitrogens with two attached hydrogens (primary N) is 1. The Balaban J connectivity index is 1.95. The summed E-state index contributed by atoms with van der Waals surface area (Å²) in [6.07, 6.45) is 2.41. The van der Waals surface area contributed by atoms with E-state index in [0.717, 1.165) is 34.2 Å². The van der Waals surface area contributed by atoms with Crippen LogP contribution in [0.5, 0.6) is 0 Å². The molecule has 7 heteroatoms. The number of carboxylic acid groups (broad SMARTS) is 1. The molecule has 1 amide bonds. The number of benzene rings is 2. The minimum Gasteiger partial charge on any atom is -0.478 e. The number of H-pyrrole nitrogens is 1. The van der Waals surface area contributed by atoms with Crippen LogP contribution in [0.1, 0.15) is 11.8 Å². The van der Waals surface area contributed by atoms with Crippen molar-refractivity contribution in [3.8, 4) is 11.1 Å². The molecule has 1 heterocycles. The molecule has 3 aromatic rings. The van der Waals surface area contributed by atoms with E-state index in [-0.39, 0.29) is 0 Å². The summed E-state index contributed by atoms with van der Waals surface area (Å²) in [5.74, 6) is -1.72. The fraction of sp³-hybridized carbons (Fsp3) is 0.0526. The predicted octanol–water partition coefficient (Wildman–Crippen LogP) is 2.36. The number of carbonyl (C=O) groups excluding carboxylic acids is 1. The van der Waals surface area contributed by atoms with Crippen molar-refractivity contribution in [2.75, 3.05) is 5.32 Å². The molecule has 0 radical (unpaired) electrons. The van der Waals surface area contributed by atoms with Gasteiger partial charge in [-0.05, 0) is 29.3 Å². The first-order valence-electron chi connectivity index (χ1n) is 7.82. The van der Waals surface area contributed by atoms with Crippen molar-refractivity contribution < 1.29 is 19.8 Å². The Morgan fingerprint density at radius 2 is 1.96 bits per heavy atom. The van der Waals surface area contributed by atoms with Gasteiger partial charge < -0.3 is 26.2 Å². The molecule has 0 aliphatic carbocycles. The second kappa shape index (κ2) is 7.22. The molecule has 6 N–H and O–H groups in total. The van der Waals surface area contributed by atoms with E-state index in [0.29, 0.717) is 11.3 Å². The van der Waals surface area contributed by atoms with Gasteiger partial charge in [0.1, 0.15) is 6.23 Å². The fourth-order valence-electron chi connectivity index (χ4n) is 2.77. The van der Waals surface area contributed by atoms with Crippen LogP contribution in [-0.4, -0.2) is 27.1 Å². The van der Waals surface area contributed by atoms with Gasteiger partial charge in [0.05, 0.1) is 5.52 Å². The van der Waals surface area contributed by atoms with Gasteiger partial charge in [-0.25, -0.2) is 4.79 Å². The third-order valence-electron chi connectivity index (χ3n) is 3.89. The Hall–Kier alpha value is -3.42. The van der Waals surface area contributed by atoms with Crippen LogP contribution in [0.15, 0.2) is 60.8 Å². The fourth-order valence-corrected chi connectivity index (χ4v) is 2.77. The summed E-state index contributed by atoms with van der Waals surface area (Å²) >= 11 is 0. The highest BCUT2D eigenvalue weighted by Crippen LogP contribution is 2.32. The third kappa shape index (κ3) is 3.64. The molecular weight excluding hydrogens is 334 g/mol. The molecule has 1 unspecified atom stereocenters. The van der Waals surface area contributed by atoms with Crippen molar-refractivity contribution in [1.82, 2.24) is 4.98 Å². The van der Waals surface area contributed by atoms with Crippen LogP contribution in [0.2, 0.25) is 0 Å². The lowest BCUT2D eigenvalue weighted by Crippen LogP contribution is -2.09. The first kappa shape index (κ1) is 17.4. The molecule has 0 aliphatic heterocycles. The van der Waals surface area contributed by atoms with Gasteiger partial charge in [-0.1, -0.05) is 24.3 Å². The van der Waals surface area contributed by atoms with Crippen molar-refractivity contribution in [2.24, 2.45) is 5.73 Å². The summed E-state index contributed by atoms with van der Waals surface area (Å²) in [5, 5.41) is 21.8. The van der Waals surface area contributed by atoms with Crippen LogP contribution < -0.4 is 11.1 Å². The lowest BCUT2D eigenvalue weighted by Gasteiger charge is -2.11. The predicted molar refractivity (Wildman–Crippen MR) is 98.3 cm³/mol. The number of aliphatic hydroxyl groups is 1. The van der Waals surface area contributed by atoms with Crippen molar-refractivity contribution in [3.63, 3.8) is 0 Å². The Kier molecular flexibility index (Phi) is 4.83. The summed E-state index contributed by atoms with van der Waals surface area (Å²) in [7, 11) is 0. The lowest BCUT2D eigenvalue weighted by atomic mass is 9.98. The summed E-state index contributed by atoms with van der Waals surface area (Å²) in [5.41, 5.74) is 9.23. The zero-order valence-corrected chi connectivity index (χ0v) is 13.6. The van der Waals surface area contributed by atoms with Crippen molar-refractivity contribution in [3.05, 3.63) is 66.4 Å². The van der Waals surface area contributed by atoms with Crippen LogP contribution in [0.3, 0.4) is 0 Å². The highest BCUT2D eigenvalue weighted by atomic mass is 16.4. The van der Waals surface area contributed by atoms with Crippen LogP contribution in [-0.2, 0) is 9.59 Å². The number of aromatic amines is 1. The lowest BCUT2D eigenvalue weighted by molar-refractivity contribution is -0.131. The average Bonchev–Trinajstić information content (AvgIpc) is 3.08. The molecular formula is C19H17N3O4. The number of aliphatic hydroxyl groups excluding tert-OH is 1. The number of fused-ring (bicyclic) bond motifs is 1. The Morgan fingerprint density at radius 3 is 2.69 bits per heavy atom. The topological polar surface area (TPSA) is 128 Å². The molecule has 132 valence electrons. The van der Waals surface area contributed by atoms with Crippen molar-refractivity contribution in [1.29, 1.82) is 0 Å². The zero-order valence-electron chi connectivity index (χ0n) is 13.6. The monoisotopic (exact) mass is 351 g/mol. The highest BCUT2D eigenvalue weighted by molar-refractivity contribution is 6.03. The second-order valence-electron chi connectivity index (χ2n) is 5.66. The van der Waals surface area contributed by atoms with Crippen molar-refractivity contribution in [2.45, 2.75) is 6.23 Å². The highest BCUT2D eigenvalue weighted by Gasteiger charge is 2.12. The normalized spacial score (nSPS) is 12.4. The van der Waals surface area contributed by atoms with E-state index in [9.17, 15) is 14.7 Å². The molecule has 1 atom stereocenters. The van der Waals surface area contributed by atoms with E-state index in [4.69, 9.17) is 10.8 Å². The first-order valence-corrected chi connectivity index (χ1v) is 7.82. The van der Waals surface area contributed by atoms with Crippen molar-refractivity contribution >= 4 is 28.5 Å². The van der Waals surface area contributed by atoms with E-state index in [1.807, 2.05) is 18.2 Å². The maximum absolute atomic E-state index is 11.7. The van der Waals surface area contributed by atoms with E-state index in [1.165, 1.54) is 0 Å². The number of rotatable bonds is 5. The molecule has 0 saturated heterocycles. The van der Waals surface area contributed by atoms with Gasteiger partial charge >= 0.3 is 5.97 Å². The number of nitrogens with one attached hydrogen (secondary N) is 2. The minimum atomic E-state index is -1.19. The smallest absolute Gasteiger partial charge is 0.328 e. The molecule has 0 aliphatic rings. The maximum atomic E-state index is 11.7. The number of amides is 1. The molecule has 0 fully saturated rings. The summed E-state index contributed by atoms with van der Waals surface area (Å²) in [6.45, 7) is 0. The summed E-state index contributed by atoms with van der Waals surface area (Å²) in [4.78, 5) is 25.3. The van der Waals surface area contributed by atoms with Gasteiger partial charge in [0, 0.05) is 35.0 Å². The SMILES string of the molecule is NC(O)c1ccc(-c2cccc(NC(=O)/C=C/C(=O)O)c2)c2cc[nH]c12. The van der Waals surface area contributed by atoms with Gasteiger partial charge in [0.15, 0.2) is 0 Å². The second-order valence-corrected chi connectivity index (χ2v) is 5.66. The third-order valence-corrected chi connectivity index (χ3v) is 3.89. The van der Waals surface area contributed by atoms with Crippen LogP contribution in [0, 0.1) is 0 Å². The Morgan fingerprint density at radius 1 is 1.15 bits per heavy atom.